The highest BCUT2D eigenvalue weighted by Gasteiger charge is 2.51. The number of nitrogens with zero attached hydrogens (tertiary/aromatic N) is 2. The summed E-state index contributed by atoms with van der Waals surface area (Å²) in [6, 6.07) is 5.65. The fourth-order valence-corrected chi connectivity index (χ4v) is 3.31. The van der Waals surface area contributed by atoms with Gasteiger partial charge in [0.15, 0.2) is 5.78 Å². The molecule has 104 valence electrons. The first-order chi connectivity index (χ1) is 10.1. The third-order valence-corrected chi connectivity index (χ3v) is 4.42. The highest BCUT2D eigenvalue weighted by Crippen LogP contribution is 2.45. The van der Waals surface area contributed by atoms with Crippen LogP contribution in [0.1, 0.15) is 34.1 Å². The molecule has 1 spiro atoms. The first kappa shape index (κ1) is 12.2. The molecule has 1 aliphatic heterocycles. The number of aromatic nitrogens is 2. The maximum atomic E-state index is 12.5. The molecule has 0 radical (unpaired) electrons. The minimum atomic E-state index is -0.617. The van der Waals surface area contributed by atoms with Gasteiger partial charge in [0, 0.05) is 35.6 Å². The van der Waals surface area contributed by atoms with Crippen LogP contribution >= 0.6 is 0 Å². The molecule has 5 heteroatoms. The maximum Gasteiger partial charge on any atom is 0.237 e. The summed E-state index contributed by atoms with van der Waals surface area (Å²) in [7, 11) is 0. The second kappa shape index (κ2) is 3.97. The van der Waals surface area contributed by atoms with Crippen LogP contribution in [0, 0.1) is 0 Å². The Morgan fingerprint density at radius 2 is 2.19 bits per heavy atom. The smallest absolute Gasteiger partial charge is 0.237 e. The third-order valence-electron chi connectivity index (χ3n) is 4.42. The van der Waals surface area contributed by atoms with Crippen LogP contribution < -0.4 is 5.32 Å². The largest absolute Gasteiger partial charge is 0.310 e. The lowest BCUT2D eigenvalue weighted by atomic mass is 9.80. The van der Waals surface area contributed by atoms with E-state index in [0.29, 0.717) is 24.2 Å². The predicted octanol–water partition coefficient (Wildman–Crippen LogP) is 1.67. The number of hydrogen-bond donors (Lipinski definition) is 1. The lowest BCUT2D eigenvalue weighted by Crippen LogP contribution is -2.35. The number of pyridine rings is 2. The number of carbonyl (C=O) groups is 2. The van der Waals surface area contributed by atoms with Crippen LogP contribution in [0.4, 0.5) is 5.82 Å². The van der Waals surface area contributed by atoms with Crippen molar-refractivity contribution in [3.63, 3.8) is 0 Å². The fraction of sp³-hybridized carbons (Fsp3) is 0.250. The molecular formula is C16H13N3O2. The Hall–Kier alpha value is -2.56. The molecule has 0 saturated carbocycles. The minimum absolute atomic E-state index is 0.0100. The van der Waals surface area contributed by atoms with E-state index in [1.54, 1.807) is 12.4 Å². The van der Waals surface area contributed by atoms with Crippen molar-refractivity contribution in [3.05, 3.63) is 53.0 Å². The van der Waals surface area contributed by atoms with Gasteiger partial charge in [-0.2, -0.15) is 0 Å². The Labute approximate surface area is 121 Å². The van der Waals surface area contributed by atoms with Gasteiger partial charge in [0.1, 0.15) is 5.82 Å². The third kappa shape index (κ3) is 1.57. The van der Waals surface area contributed by atoms with E-state index in [0.717, 1.165) is 16.8 Å². The van der Waals surface area contributed by atoms with Gasteiger partial charge in [-0.1, -0.05) is 6.07 Å². The second-order valence-corrected chi connectivity index (χ2v) is 5.68. The summed E-state index contributed by atoms with van der Waals surface area (Å²) < 4.78 is 0. The molecule has 4 rings (SSSR count). The molecule has 1 amide bonds. The van der Waals surface area contributed by atoms with Crippen molar-refractivity contribution >= 4 is 17.5 Å². The van der Waals surface area contributed by atoms with Gasteiger partial charge < -0.3 is 5.32 Å². The van der Waals surface area contributed by atoms with Gasteiger partial charge in [0.25, 0.3) is 0 Å². The van der Waals surface area contributed by atoms with Crippen LogP contribution in [0.25, 0.3) is 0 Å². The molecule has 0 fully saturated rings. The molecular weight excluding hydrogens is 266 g/mol. The lowest BCUT2D eigenvalue weighted by Gasteiger charge is -2.19. The SMILES string of the molecule is CC(=O)c1cnc2c(c1)C[C@@]1(C2)C(=O)Nc2ncccc21. The number of anilines is 1. The Bertz CT molecular complexity index is 800. The number of amides is 1. The Morgan fingerprint density at radius 1 is 1.33 bits per heavy atom. The number of fused-ring (bicyclic) bond motifs is 3. The van der Waals surface area contributed by atoms with E-state index in [1.165, 1.54) is 6.92 Å². The average Bonchev–Trinajstić information content (AvgIpc) is 2.98. The van der Waals surface area contributed by atoms with Crippen LogP contribution in [-0.2, 0) is 23.1 Å². The van der Waals surface area contributed by atoms with Gasteiger partial charge in [-0.05, 0) is 31.0 Å². The molecule has 0 bridgehead atoms. The van der Waals surface area contributed by atoms with Crippen molar-refractivity contribution in [2.45, 2.75) is 25.2 Å². The minimum Gasteiger partial charge on any atom is -0.310 e. The summed E-state index contributed by atoms with van der Waals surface area (Å²) in [5.74, 6) is 0.602. The normalized spacial score (nSPS) is 22.0. The fourth-order valence-electron chi connectivity index (χ4n) is 3.31. The highest BCUT2D eigenvalue weighted by molar-refractivity contribution is 6.06. The zero-order valence-electron chi connectivity index (χ0n) is 11.5. The molecule has 3 heterocycles. The second-order valence-electron chi connectivity index (χ2n) is 5.68. The number of nitrogens with one attached hydrogen (secondary N) is 1. The van der Waals surface area contributed by atoms with Gasteiger partial charge in [0.2, 0.25) is 5.91 Å². The lowest BCUT2D eigenvalue weighted by molar-refractivity contribution is -0.120. The molecule has 0 unspecified atom stereocenters. The van der Waals surface area contributed by atoms with Crippen LogP contribution in [0.5, 0.6) is 0 Å². The monoisotopic (exact) mass is 279 g/mol. The zero-order valence-corrected chi connectivity index (χ0v) is 11.5. The molecule has 21 heavy (non-hydrogen) atoms. The van der Waals surface area contributed by atoms with E-state index < -0.39 is 5.41 Å². The highest BCUT2D eigenvalue weighted by atomic mass is 16.2. The predicted molar refractivity (Wildman–Crippen MR) is 76.2 cm³/mol. The van der Waals surface area contributed by atoms with Gasteiger partial charge in [-0.15, -0.1) is 0 Å². The van der Waals surface area contributed by atoms with E-state index in [-0.39, 0.29) is 11.7 Å². The Balaban J connectivity index is 1.83. The van der Waals surface area contributed by atoms with Crippen LogP contribution in [0.2, 0.25) is 0 Å². The summed E-state index contributed by atoms with van der Waals surface area (Å²) in [5.41, 5.74) is 2.78. The van der Waals surface area contributed by atoms with E-state index in [4.69, 9.17) is 0 Å². The van der Waals surface area contributed by atoms with E-state index in [2.05, 4.69) is 15.3 Å². The van der Waals surface area contributed by atoms with E-state index in [1.807, 2.05) is 18.2 Å². The zero-order chi connectivity index (χ0) is 14.6. The molecule has 0 saturated heterocycles. The maximum absolute atomic E-state index is 12.5. The van der Waals surface area contributed by atoms with Crippen molar-refractivity contribution in [3.8, 4) is 0 Å². The van der Waals surface area contributed by atoms with Gasteiger partial charge in [-0.25, -0.2) is 4.98 Å². The quantitative estimate of drug-likeness (QED) is 0.806. The van der Waals surface area contributed by atoms with Crippen molar-refractivity contribution in [1.29, 1.82) is 0 Å². The molecule has 5 nitrogen and oxygen atoms in total. The van der Waals surface area contributed by atoms with E-state index >= 15 is 0 Å². The van der Waals surface area contributed by atoms with Crippen molar-refractivity contribution in [1.82, 2.24) is 9.97 Å². The number of ketones is 1. The molecule has 2 aliphatic rings. The van der Waals surface area contributed by atoms with Gasteiger partial charge in [0.05, 0.1) is 5.41 Å². The number of carbonyl (C=O) groups excluding carboxylic acids is 2. The van der Waals surface area contributed by atoms with Gasteiger partial charge >= 0.3 is 0 Å². The Kier molecular flexibility index (Phi) is 2.31. The summed E-state index contributed by atoms with van der Waals surface area (Å²) in [4.78, 5) is 32.6. The van der Waals surface area contributed by atoms with Gasteiger partial charge in [-0.3, -0.25) is 14.6 Å². The number of hydrogen-bond acceptors (Lipinski definition) is 4. The standard InChI is InChI=1S/C16H13N3O2/c1-9(20)11-5-10-6-16(7-13(10)18-8-11)12-3-2-4-17-14(12)19-15(16)21/h2-5,8H,6-7H2,1H3,(H,17,19,21)/t16-/m0/s1. The molecule has 0 aromatic carbocycles. The average molecular weight is 279 g/mol. The summed E-state index contributed by atoms with van der Waals surface area (Å²) in [6.45, 7) is 1.52. The van der Waals surface area contributed by atoms with Crippen molar-refractivity contribution in [2.24, 2.45) is 0 Å². The molecule has 1 atom stereocenters. The van der Waals surface area contributed by atoms with Crippen LogP contribution in [0.3, 0.4) is 0 Å². The summed E-state index contributed by atoms with van der Waals surface area (Å²) in [6.07, 6.45) is 4.40. The molecule has 1 aliphatic carbocycles. The number of Topliss-reactive ketones (excluding diaryl/α,β-unsaturated/α-hetero) is 1. The summed E-state index contributed by atoms with van der Waals surface area (Å²) in [5, 5.41) is 2.86. The van der Waals surface area contributed by atoms with Crippen molar-refractivity contribution in [2.75, 3.05) is 5.32 Å². The first-order valence-corrected chi connectivity index (χ1v) is 6.86. The summed E-state index contributed by atoms with van der Waals surface area (Å²) >= 11 is 0. The first-order valence-electron chi connectivity index (χ1n) is 6.86. The topological polar surface area (TPSA) is 72.0 Å². The Morgan fingerprint density at radius 3 is 3.00 bits per heavy atom. The molecule has 2 aromatic heterocycles. The van der Waals surface area contributed by atoms with Crippen LogP contribution in [0.15, 0.2) is 30.6 Å². The van der Waals surface area contributed by atoms with E-state index in [9.17, 15) is 9.59 Å². The molecule has 1 N–H and O–H groups in total. The number of rotatable bonds is 1. The molecule has 2 aromatic rings. The van der Waals surface area contributed by atoms with Crippen molar-refractivity contribution < 1.29 is 9.59 Å². The van der Waals surface area contributed by atoms with Crippen LogP contribution in [-0.4, -0.2) is 21.7 Å².